The molecule has 1 N–H and O–H groups in total. The SMILES string of the molecule is CCNC(C)c1ccc(N2CCC(C)CC2)c(Cl)c1. The number of benzene rings is 1. The summed E-state index contributed by atoms with van der Waals surface area (Å²) in [5.74, 6) is 0.850. The van der Waals surface area contributed by atoms with Gasteiger partial charge in [-0.2, -0.15) is 0 Å². The smallest absolute Gasteiger partial charge is 0.0642 e. The fourth-order valence-electron chi connectivity index (χ4n) is 2.72. The Balaban J connectivity index is 2.10. The summed E-state index contributed by atoms with van der Waals surface area (Å²) in [7, 11) is 0. The first-order valence-corrected chi connectivity index (χ1v) is 7.77. The molecule has 1 saturated heterocycles. The fraction of sp³-hybridized carbons (Fsp3) is 0.625. The average Bonchev–Trinajstić information content (AvgIpc) is 2.40. The molecule has 0 amide bonds. The van der Waals surface area contributed by atoms with E-state index in [1.54, 1.807) is 0 Å². The minimum Gasteiger partial charge on any atom is -0.370 e. The average molecular weight is 281 g/mol. The van der Waals surface area contributed by atoms with Gasteiger partial charge in [-0.3, -0.25) is 0 Å². The van der Waals surface area contributed by atoms with Crippen molar-refractivity contribution >= 4 is 17.3 Å². The molecule has 3 heteroatoms. The molecule has 0 spiro atoms. The van der Waals surface area contributed by atoms with Gasteiger partial charge < -0.3 is 10.2 Å². The summed E-state index contributed by atoms with van der Waals surface area (Å²) in [4.78, 5) is 2.42. The van der Waals surface area contributed by atoms with Crippen molar-refractivity contribution in [2.75, 3.05) is 24.5 Å². The van der Waals surface area contributed by atoms with Gasteiger partial charge in [0.2, 0.25) is 0 Å². The van der Waals surface area contributed by atoms with Gasteiger partial charge in [-0.1, -0.05) is 31.5 Å². The largest absolute Gasteiger partial charge is 0.370 e. The van der Waals surface area contributed by atoms with E-state index in [1.165, 1.54) is 24.1 Å². The first kappa shape index (κ1) is 14.7. The highest BCUT2D eigenvalue weighted by Gasteiger charge is 2.18. The van der Waals surface area contributed by atoms with Gasteiger partial charge in [0.05, 0.1) is 10.7 Å². The van der Waals surface area contributed by atoms with Crippen LogP contribution in [0.25, 0.3) is 0 Å². The van der Waals surface area contributed by atoms with Crippen molar-refractivity contribution in [2.45, 2.75) is 39.7 Å². The molecule has 1 unspecified atom stereocenters. The monoisotopic (exact) mass is 280 g/mol. The molecule has 0 aromatic heterocycles. The second-order valence-electron chi connectivity index (χ2n) is 5.66. The molecule has 19 heavy (non-hydrogen) atoms. The van der Waals surface area contributed by atoms with Crippen LogP contribution in [0.15, 0.2) is 18.2 Å². The molecule has 1 heterocycles. The van der Waals surface area contributed by atoms with E-state index in [2.05, 4.69) is 49.2 Å². The maximum atomic E-state index is 6.47. The van der Waals surface area contributed by atoms with E-state index >= 15 is 0 Å². The minimum absolute atomic E-state index is 0.359. The molecule has 0 aliphatic carbocycles. The van der Waals surface area contributed by atoms with Crippen molar-refractivity contribution in [3.8, 4) is 0 Å². The van der Waals surface area contributed by atoms with Gasteiger partial charge in [0.25, 0.3) is 0 Å². The summed E-state index contributed by atoms with van der Waals surface area (Å²) in [6.07, 6.45) is 2.54. The molecule has 1 aromatic carbocycles. The summed E-state index contributed by atoms with van der Waals surface area (Å²) >= 11 is 6.47. The molecule has 2 nitrogen and oxygen atoms in total. The predicted molar refractivity (Wildman–Crippen MR) is 84.2 cm³/mol. The molecule has 1 fully saturated rings. The second kappa shape index (κ2) is 6.62. The fourth-order valence-corrected chi connectivity index (χ4v) is 3.03. The first-order valence-electron chi connectivity index (χ1n) is 7.39. The van der Waals surface area contributed by atoms with E-state index in [-0.39, 0.29) is 0 Å². The van der Waals surface area contributed by atoms with Crippen LogP contribution in [0.4, 0.5) is 5.69 Å². The molecule has 1 atom stereocenters. The van der Waals surface area contributed by atoms with Crippen molar-refractivity contribution in [2.24, 2.45) is 5.92 Å². The lowest BCUT2D eigenvalue weighted by Gasteiger charge is -2.33. The molecule has 1 aromatic rings. The van der Waals surface area contributed by atoms with E-state index in [0.717, 1.165) is 30.6 Å². The van der Waals surface area contributed by atoms with Gasteiger partial charge in [-0.25, -0.2) is 0 Å². The Morgan fingerprint density at radius 1 is 1.37 bits per heavy atom. The van der Waals surface area contributed by atoms with Crippen molar-refractivity contribution in [1.29, 1.82) is 0 Å². The number of halogens is 1. The number of anilines is 1. The van der Waals surface area contributed by atoms with Crippen LogP contribution in [-0.2, 0) is 0 Å². The van der Waals surface area contributed by atoms with Gasteiger partial charge in [0, 0.05) is 19.1 Å². The first-order chi connectivity index (χ1) is 9.11. The Bertz CT molecular complexity index is 411. The molecule has 0 radical (unpaired) electrons. The molecule has 2 rings (SSSR count). The van der Waals surface area contributed by atoms with Gasteiger partial charge in [0.1, 0.15) is 0 Å². The van der Waals surface area contributed by atoms with Gasteiger partial charge in [-0.15, -0.1) is 0 Å². The van der Waals surface area contributed by atoms with Crippen LogP contribution in [0, 0.1) is 5.92 Å². The third-order valence-corrected chi connectivity index (χ3v) is 4.41. The number of nitrogens with one attached hydrogen (secondary N) is 1. The summed E-state index contributed by atoms with van der Waals surface area (Å²) < 4.78 is 0. The lowest BCUT2D eigenvalue weighted by molar-refractivity contribution is 0.438. The van der Waals surface area contributed by atoms with E-state index in [0.29, 0.717) is 6.04 Å². The van der Waals surface area contributed by atoms with Gasteiger partial charge >= 0.3 is 0 Å². The van der Waals surface area contributed by atoms with Crippen molar-refractivity contribution < 1.29 is 0 Å². The topological polar surface area (TPSA) is 15.3 Å². The number of piperidine rings is 1. The standard InChI is InChI=1S/C16H25ClN2/c1-4-18-13(3)14-5-6-16(15(17)11-14)19-9-7-12(2)8-10-19/h5-6,11-13,18H,4,7-10H2,1-3H3. The highest BCUT2D eigenvalue weighted by Crippen LogP contribution is 2.31. The molecule has 0 bridgehead atoms. The number of hydrogen-bond acceptors (Lipinski definition) is 2. The molecule has 1 aliphatic heterocycles. The zero-order valence-corrected chi connectivity index (χ0v) is 13.0. The van der Waals surface area contributed by atoms with Crippen molar-refractivity contribution in [3.05, 3.63) is 28.8 Å². The van der Waals surface area contributed by atoms with Gasteiger partial charge in [-0.05, 0) is 49.9 Å². The Morgan fingerprint density at radius 3 is 2.63 bits per heavy atom. The highest BCUT2D eigenvalue weighted by atomic mass is 35.5. The normalized spacial score (nSPS) is 18.6. The summed E-state index contributed by atoms with van der Waals surface area (Å²) in [5, 5.41) is 4.31. The molecular weight excluding hydrogens is 256 g/mol. The van der Waals surface area contributed by atoms with Crippen LogP contribution >= 0.6 is 11.6 Å². The lowest BCUT2D eigenvalue weighted by atomic mass is 9.98. The zero-order valence-electron chi connectivity index (χ0n) is 12.2. The Labute approximate surface area is 122 Å². The van der Waals surface area contributed by atoms with Crippen LogP contribution in [0.2, 0.25) is 5.02 Å². The van der Waals surface area contributed by atoms with Crippen LogP contribution in [0.3, 0.4) is 0 Å². The second-order valence-corrected chi connectivity index (χ2v) is 6.07. The van der Waals surface area contributed by atoms with E-state index in [4.69, 9.17) is 11.6 Å². The maximum Gasteiger partial charge on any atom is 0.0642 e. The van der Waals surface area contributed by atoms with Crippen LogP contribution in [-0.4, -0.2) is 19.6 Å². The molecule has 1 aliphatic rings. The summed E-state index contributed by atoms with van der Waals surface area (Å²) in [5.41, 5.74) is 2.46. The highest BCUT2D eigenvalue weighted by molar-refractivity contribution is 6.33. The van der Waals surface area contributed by atoms with Crippen molar-refractivity contribution in [1.82, 2.24) is 5.32 Å². The third-order valence-electron chi connectivity index (χ3n) is 4.11. The number of hydrogen-bond donors (Lipinski definition) is 1. The zero-order chi connectivity index (χ0) is 13.8. The van der Waals surface area contributed by atoms with Gasteiger partial charge in [0.15, 0.2) is 0 Å². The summed E-state index contributed by atoms with van der Waals surface area (Å²) in [6.45, 7) is 9.87. The van der Waals surface area contributed by atoms with E-state index in [1.807, 2.05) is 0 Å². The Kier molecular flexibility index (Phi) is 5.12. The number of rotatable bonds is 4. The van der Waals surface area contributed by atoms with Crippen molar-refractivity contribution in [3.63, 3.8) is 0 Å². The minimum atomic E-state index is 0.359. The van der Waals surface area contributed by atoms with E-state index < -0.39 is 0 Å². The van der Waals surface area contributed by atoms with E-state index in [9.17, 15) is 0 Å². The molecule has 106 valence electrons. The van der Waals surface area contributed by atoms with Crippen LogP contribution in [0.1, 0.15) is 45.2 Å². The molecule has 0 saturated carbocycles. The summed E-state index contributed by atoms with van der Waals surface area (Å²) in [6, 6.07) is 6.86. The number of nitrogens with zero attached hydrogens (tertiary/aromatic N) is 1. The third kappa shape index (κ3) is 3.64. The van der Waals surface area contributed by atoms with Crippen LogP contribution in [0.5, 0.6) is 0 Å². The quantitative estimate of drug-likeness (QED) is 0.887. The Morgan fingerprint density at radius 2 is 2.05 bits per heavy atom. The maximum absolute atomic E-state index is 6.47. The van der Waals surface area contributed by atoms with Crippen LogP contribution < -0.4 is 10.2 Å². The lowest BCUT2D eigenvalue weighted by Crippen LogP contribution is -2.33. The Hall–Kier alpha value is -0.730. The predicted octanol–water partition coefficient (Wildman–Crippen LogP) is 4.25. The molecular formula is C16H25ClN2.